The second-order valence-corrected chi connectivity index (χ2v) is 4.24. The summed E-state index contributed by atoms with van der Waals surface area (Å²) in [4.78, 5) is 1.85. The molecule has 0 saturated carbocycles. The van der Waals surface area contributed by atoms with Crippen LogP contribution >= 0.6 is 0 Å². The Morgan fingerprint density at radius 2 is 2.19 bits per heavy atom. The van der Waals surface area contributed by atoms with E-state index in [1.807, 2.05) is 4.90 Å². The Bertz CT molecular complexity index is 427. The lowest BCUT2D eigenvalue weighted by Crippen LogP contribution is -2.53. The van der Waals surface area contributed by atoms with Crippen LogP contribution in [-0.2, 0) is 0 Å². The average Bonchev–Trinajstić information content (AvgIpc) is 2.30. The molecule has 1 aliphatic rings. The van der Waals surface area contributed by atoms with Crippen molar-refractivity contribution in [3.63, 3.8) is 0 Å². The molecule has 1 heterocycles. The Labute approximate surface area is 94.3 Å². The minimum atomic E-state index is -0.847. The molecule has 84 valence electrons. The van der Waals surface area contributed by atoms with Gasteiger partial charge >= 0.3 is 0 Å². The van der Waals surface area contributed by atoms with E-state index in [9.17, 15) is 4.39 Å². The monoisotopic (exact) mass is 219 g/mol. The fourth-order valence-electron chi connectivity index (χ4n) is 2.09. The Kier molecular flexibility index (Phi) is 2.80. The van der Waals surface area contributed by atoms with Gasteiger partial charge in [0.05, 0.1) is 11.8 Å². The number of halogens is 1. The molecule has 2 rings (SSSR count). The van der Waals surface area contributed by atoms with Crippen molar-refractivity contribution in [3.8, 4) is 6.07 Å². The highest BCUT2D eigenvalue weighted by Crippen LogP contribution is 2.26. The van der Waals surface area contributed by atoms with Crippen molar-refractivity contribution >= 4 is 5.69 Å². The summed E-state index contributed by atoms with van der Waals surface area (Å²) in [7, 11) is 0. The van der Waals surface area contributed by atoms with Gasteiger partial charge in [-0.1, -0.05) is 12.1 Å². The van der Waals surface area contributed by atoms with E-state index in [0.29, 0.717) is 18.7 Å². The van der Waals surface area contributed by atoms with E-state index in [1.54, 1.807) is 18.2 Å². The van der Waals surface area contributed by atoms with Crippen LogP contribution in [0.15, 0.2) is 24.3 Å². The van der Waals surface area contributed by atoms with E-state index >= 15 is 0 Å². The van der Waals surface area contributed by atoms with Crippen LogP contribution in [0.4, 0.5) is 10.1 Å². The first kappa shape index (κ1) is 10.9. The summed E-state index contributed by atoms with van der Waals surface area (Å²) in [5.74, 6) is -0.260. The van der Waals surface area contributed by atoms with Crippen LogP contribution in [0.2, 0.25) is 0 Å². The Morgan fingerprint density at radius 3 is 2.88 bits per heavy atom. The maximum Gasteiger partial charge on any atom is 0.146 e. The topological polar surface area (TPSA) is 53.1 Å². The van der Waals surface area contributed by atoms with E-state index in [1.165, 1.54) is 6.07 Å². The third-order valence-corrected chi connectivity index (χ3v) is 2.94. The molecule has 1 unspecified atom stereocenters. The van der Waals surface area contributed by atoms with Gasteiger partial charge in [0.1, 0.15) is 11.4 Å². The van der Waals surface area contributed by atoms with Crippen LogP contribution in [0, 0.1) is 17.1 Å². The smallest absolute Gasteiger partial charge is 0.146 e. The number of rotatable bonds is 1. The van der Waals surface area contributed by atoms with Crippen LogP contribution in [0.3, 0.4) is 0 Å². The molecule has 0 radical (unpaired) electrons. The Balaban J connectivity index is 2.23. The van der Waals surface area contributed by atoms with Crippen LogP contribution in [0.5, 0.6) is 0 Å². The molecule has 1 aromatic rings. The van der Waals surface area contributed by atoms with Crippen LogP contribution in [-0.4, -0.2) is 18.6 Å². The van der Waals surface area contributed by atoms with Gasteiger partial charge in [-0.2, -0.15) is 5.26 Å². The first-order valence-electron chi connectivity index (χ1n) is 5.34. The van der Waals surface area contributed by atoms with Crippen LogP contribution in [0.25, 0.3) is 0 Å². The molecule has 4 heteroatoms. The van der Waals surface area contributed by atoms with Gasteiger partial charge in [-0.05, 0) is 25.0 Å². The maximum atomic E-state index is 13.6. The van der Waals surface area contributed by atoms with Gasteiger partial charge in [0.25, 0.3) is 0 Å². The van der Waals surface area contributed by atoms with E-state index in [-0.39, 0.29) is 5.82 Å². The molecule has 16 heavy (non-hydrogen) atoms. The molecule has 0 bridgehead atoms. The third kappa shape index (κ3) is 2.00. The number of nitriles is 1. The highest BCUT2D eigenvalue weighted by Gasteiger charge is 2.32. The highest BCUT2D eigenvalue weighted by atomic mass is 19.1. The predicted octanol–water partition coefficient (Wildman–Crippen LogP) is 1.65. The minimum Gasteiger partial charge on any atom is -0.366 e. The molecular formula is C12H14FN3. The molecule has 0 aromatic heterocycles. The van der Waals surface area contributed by atoms with Gasteiger partial charge in [-0.25, -0.2) is 4.39 Å². The number of nitrogens with zero attached hydrogens (tertiary/aromatic N) is 2. The summed E-state index contributed by atoms with van der Waals surface area (Å²) >= 11 is 0. The largest absolute Gasteiger partial charge is 0.366 e. The lowest BCUT2D eigenvalue weighted by atomic mass is 9.91. The maximum absolute atomic E-state index is 13.6. The van der Waals surface area contributed by atoms with Gasteiger partial charge < -0.3 is 10.6 Å². The van der Waals surface area contributed by atoms with Crippen molar-refractivity contribution in [2.45, 2.75) is 18.4 Å². The second-order valence-electron chi connectivity index (χ2n) is 4.24. The SMILES string of the molecule is N#CC1(N)CCCN(c2ccccc2F)C1. The zero-order chi connectivity index (χ0) is 11.6. The van der Waals surface area contributed by atoms with Crippen molar-refractivity contribution in [1.82, 2.24) is 0 Å². The van der Waals surface area contributed by atoms with E-state index in [4.69, 9.17) is 11.0 Å². The quantitative estimate of drug-likeness (QED) is 0.781. The fraction of sp³-hybridized carbons (Fsp3) is 0.417. The lowest BCUT2D eigenvalue weighted by molar-refractivity contribution is 0.421. The number of benzene rings is 1. The zero-order valence-corrected chi connectivity index (χ0v) is 8.99. The average molecular weight is 219 g/mol. The standard InChI is InChI=1S/C12H14FN3/c13-10-4-1-2-5-11(10)16-7-3-6-12(15,8-14)9-16/h1-2,4-5H,3,6-7,9,15H2. The van der Waals surface area contributed by atoms with Crippen molar-refractivity contribution in [1.29, 1.82) is 5.26 Å². The number of nitrogens with two attached hydrogens (primary N) is 1. The number of para-hydroxylation sites is 1. The lowest BCUT2D eigenvalue weighted by Gasteiger charge is -2.37. The Hall–Kier alpha value is -1.60. The summed E-state index contributed by atoms with van der Waals surface area (Å²) in [5.41, 5.74) is 5.60. The molecule has 1 aromatic carbocycles. The van der Waals surface area contributed by atoms with Crippen LogP contribution < -0.4 is 10.6 Å². The van der Waals surface area contributed by atoms with Crippen molar-refractivity contribution in [2.24, 2.45) is 5.73 Å². The summed E-state index contributed by atoms with van der Waals surface area (Å²) in [5, 5.41) is 8.99. The Morgan fingerprint density at radius 1 is 1.44 bits per heavy atom. The van der Waals surface area contributed by atoms with E-state index in [2.05, 4.69) is 6.07 Å². The number of hydrogen-bond acceptors (Lipinski definition) is 3. The molecule has 1 saturated heterocycles. The van der Waals surface area contributed by atoms with Crippen molar-refractivity contribution in [2.75, 3.05) is 18.0 Å². The van der Waals surface area contributed by atoms with Crippen molar-refractivity contribution in [3.05, 3.63) is 30.1 Å². The normalized spacial score (nSPS) is 25.2. The molecule has 1 aliphatic heterocycles. The van der Waals surface area contributed by atoms with E-state index in [0.717, 1.165) is 13.0 Å². The molecule has 0 spiro atoms. The summed E-state index contributed by atoms with van der Waals surface area (Å²) in [6, 6.07) is 8.70. The van der Waals surface area contributed by atoms with Gasteiger partial charge in [0.2, 0.25) is 0 Å². The highest BCUT2D eigenvalue weighted by molar-refractivity contribution is 5.49. The zero-order valence-electron chi connectivity index (χ0n) is 8.99. The van der Waals surface area contributed by atoms with Gasteiger partial charge in [-0.3, -0.25) is 0 Å². The molecule has 0 amide bonds. The summed E-state index contributed by atoms with van der Waals surface area (Å²) in [6.45, 7) is 1.14. The molecule has 1 atom stereocenters. The molecular weight excluding hydrogens is 205 g/mol. The van der Waals surface area contributed by atoms with Gasteiger partial charge in [-0.15, -0.1) is 0 Å². The molecule has 1 fully saturated rings. The fourth-order valence-corrected chi connectivity index (χ4v) is 2.09. The van der Waals surface area contributed by atoms with Gasteiger partial charge in [0, 0.05) is 13.1 Å². The molecule has 2 N–H and O–H groups in total. The van der Waals surface area contributed by atoms with E-state index < -0.39 is 5.54 Å². The van der Waals surface area contributed by atoms with Gasteiger partial charge in [0.15, 0.2) is 0 Å². The number of hydrogen-bond donors (Lipinski definition) is 1. The first-order valence-corrected chi connectivity index (χ1v) is 5.34. The second kappa shape index (κ2) is 4.11. The minimum absolute atomic E-state index is 0.260. The summed E-state index contributed by atoms with van der Waals surface area (Å²) < 4.78 is 13.6. The summed E-state index contributed by atoms with van der Waals surface area (Å²) in [6.07, 6.45) is 1.49. The number of anilines is 1. The van der Waals surface area contributed by atoms with Crippen molar-refractivity contribution < 1.29 is 4.39 Å². The third-order valence-electron chi connectivity index (χ3n) is 2.94. The number of piperidine rings is 1. The molecule has 0 aliphatic carbocycles. The van der Waals surface area contributed by atoms with Crippen LogP contribution in [0.1, 0.15) is 12.8 Å². The predicted molar refractivity (Wildman–Crippen MR) is 60.4 cm³/mol. The molecule has 3 nitrogen and oxygen atoms in total. The first-order chi connectivity index (χ1) is 7.64.